The summed E-state index contributed by atoms with van der Waals surface area (Å²) in [6, 6.07) is -2.86. The van der Waals surface area contributed by atoms with Crippen molar-refractivity contribution >= 4 is 23.9 Å². The van der Waals surface area contributed by atoms with Crippen molar-refractivity contribution in [2.45, 2.75) is 24.9 Å². The minimum Gasteiger partial charge on any atom is -0.481 e. The lowest BCUT2D eigenvalue weighted by atomic mass is 10.2. The highest BCUT2D eigenvalue weighted by atomic mass is 16.4. The molecule has 10 heteroatoms. The molecule has 104 valence electrons. The first kappa shape index (κ1) is 18.2. The van der Waals surface area contributed by atoms with Crippen molar-refractivity contribution in [3.63, 3.8) is 0 Å². The first-order valence-corrected chi connectivity index (χ1v) is 4.51. The predicted molar refractivity (Wildman–Crippen MR) is 55.7 cm³/mol. The van der Waals surface area contributed by atoms with Gasteiger partial charge in [0.25, 0.3) is 0 Å². The Morgan fingerprint density at radius 2 is 1.22 bits per heavy atom. The zero-order chi connectivity index (χ0) is 14.9. The van der Waals surface area contributed by atoms with Crippen LogP contribution in [0.25, 0.3) is 0 Å². The molecule has 0 aromatic rings. The molecular formula is C8H14N2O8. The minimum absolute atomic E-state index is 0.0231. The van der Waals surface area contributed by atoms with E-state index >= 15 is 0 Å². The summed E-state index contributed by atoms with van der Waals surface area (Å²) in [6.45, 7) is 0. The highest BCUT2D eigenvalue weighted by molar-refractivity contribution is 5.96. The first-order chi connectivity index (χ1) is 8.09. The quantitative estimate of drug-likeness (QED) is 0.285. The average molecular weight is 266 g/mol. The van der Waals surface area contributed by atoms with Crippen molar-refractivity contribution in [1.82, 2.24) is 0 Å². The van der Waals surface area contributed by atoms with E-state index in [0.717, 1.165) is 0 Å². The Labute approximate surface area is 101 Å². The van der Waals surface area contributed by atoms with Crippen LogP contribution < -0.4 is 11.5 Å². The Bertz CT molecular complexity index is 315. The van der Waals surface area contributed by atoms with Crippen molar-refractivity contribution in [1.29, 1.82) is 0 Å². The molecule has 0 bridgehead atoms. The maximum atomic E-state index is 9.99. The molecule has 0 amide bonds. The molecule has 8 N–H and O–H groups in total. The van der Waals surface area contributed by atoms with Crippen molar-refractivity contribution in [3.8, 4) is 0 Å². The Morgan fingerprint density at radius 3 is 1.39 bits per heavy atom. The van der Waals surface area contributed by atoms with Crippen LogP contribution in [0.15, 0.2) is 0 Å². The average Bonchev–Trinajstić information content (AvgIpc) is 2.24. The van der Waals surface area contributed by atoms with Crippen LogP contribution in [0.4, 0.5) is 0 Å². The Hall–Kier alpha value is -2.20. The fourth-order valence-electron chi connectivity index (χ4n) is 0.508. The van der Waals surface area contributed by atoms with Gasteiger partial charge in [0.15, 0.2) is 0 Å². The molecule has 18 heavy (non-hydrogen) atoms. The van der Waals surface area contributed by atoms with E-state index in [-0.39, 0.29) is 12.8 Å². The van der Waals surface area contributed by atoms with Gasteiger partial charge in [-0.25, -0.2) is 9.59 Å². The van der Waals surface area contributed by atoms with E-state index in [2.05, 4.69) is 5.73 Å². The number of hydrogen-bond donors (Lipinski definition) is 6. The van der Waals surface area contributed by atoms with Crippen LogP contribution in [0, 0.1) is 0 Å². The van der Waals surface area contributed by atoms with Crippen molar-refractivity contribution in [2.75, 3.05) is 0 Å². The number of carbonyl (C=O) groups is 4. The normalized spacial score (nSPS) is 11.1. The third-order valence-electron chi connectivity index (χ3n) is 1.52. The Balaban J connectivity index is 0. The van der Waals surface area contributed by atoms with Gasteiger partial charge in [-0.05, 0) is 6.42 Å². The molecule has 0 spiro atoms. The Kier molecular flexibility index (Phi) is 8.98. The fourth-order valence-corrected chi connectivity index (χ4v) is 0.508. The van der Waals surface area contributed by atoms with E-state index in [1.807, 2.05) is 0 Å². The molecule has 0 aromatic carbocycles. The lowest BCUT2D eigenvalue weighted by Gasteiger charge is -2.01. The van der Waals surface area contributed by atoms with Gasteiger partial charge in [0, 0.05) is 6.42 Å². The van der Waals surface area contributed by atoms with Crippen LogP contribution in [-0.4, -0.2) is 56.4 Å². The molecule has 0 aliphatic rings. The summed E-state index contributed by atoms with van der Waals surface area (Å²) < 4.78 is 0. The van der Waals surface area contributed by atoms with Crippen LogP contribution in [0.2, 0.25) is 0 Å². The molecule has 10 nitrogen and oxygen atoms in total. The Morgan fingerprint density at radius 1 is 0.833 bits per heavy atom. The van der Waals surface area contributed by atoms with Crippen molar-refractivity contribution in [3.05, 3.63) is 0 Å². The zero-order valence-corrected chi connectivity index (χ0v) is 9.15. The number of hydrogen-bond acceptors (Lipinski definition) is 6. The molecule has 0 aromatic heterocycles. The molecule has 0 unspecified atom stereocenters. The SMILES string of the molecule is NC(C(=O)O)C(=O)O.N[C@@H](CCC(=O)O)C(=O)O. The number of nitrogens with two attached hydrogens (primary N) is 2. The number of rotatable bonds is 6. The zero-order valence-electron chi connectivity index (χ0n) is 9.15. The maximum absolute atomic E-state index is 9.99. The molecule has 0 heterocycles. The van der Waals surface area contributed by atoms with E-state index < -0.39 is 36.0 Å². The standard InChI is InChI=1S/C5H9NO4.C3H5NO4/c6-3(5(9)10)1-2-4(7)8;4-1(2(5)6)3(7)8/h3H,1-2,6H2,(H,7,8)(H,9,10);1H,4H2,(H,5,6)(H,7,8)/t3-;/m0./s1. The summed E-state index contributed by atoms with van der Waals surface area (Å²) in [4.78, 5) is 39.1. The lowest BCUT2D eigenvalue weighted by molar-refractivity contribution is -0.149. The van der Waals surface area contributed by atoms with E-state index in [9.17, 15) is 19.2 Å². The lowest BCUT2D eigenvalue weighted by Crippen LogP contribution is -2.38. The van der Waals surface area contributed by atoms with Crippen LogP contribution in [0.1, 0.15) is 12.8 Å². The molecular weight excluding hydrogens is 252 g/mol. The van der Waals surface area contributed by atoms with Gasteiger partial charge >= 0.3 is 23.9 Å². The van der Waals surface area contributed by atoms with Crippen LogP contribution in [0.5, 0.6) is 0 Å². The summed E-state index contributed by atoms with van der Waals surface area (Å²) in [5, 5.41) is 32.0. The molecule has 0 radical (unpaired) electrons. The van der Waals surface area contributed by atoms with Gasteiger partial charge in [-0.3, -0.25) is 9.59 Å². The monoisotopic (exact) mass is 266 g/mol. The number of aliphatic carboxylic acids is 4. The second kappa shape index (κ2) is 8.90. The summed E-state index contributed by atoms with van der Waals surface area (Å²) in [7, 11) is 0. The highest BCUT2D eigenvalue weighted by Crippen LogP contribution is 1.93. The highest BCUT2D eigenvalue weighted by Gasteiger charge is 2.18. The van der Waals surface area contributed by atoms with E-state index in [4.69, 9.17) is 26.2 Å². The molecule has 0 rings (SSSR count). The van der Waals surface area contributed by atoms with Gasteiger partial charge in [0.1, 0.15) is 6.04 Å². The van der Waals surface area contributed by atoms with Gasteiger partial charge in [-0.1, -0.05) is 0 Å². The van der Waals surface area contributed by atoms with Gasteiger partial charge in [-0.2, -0.15) is 0 Å². The van der Waals surface area contributed by atoms with Gasteiger partial charge in [0.05, 0.1) is 0 Å². The number of carboxylic acid groups (broad SMARTS) is 4. The van der Waals surface area contributed by atoms with Gasteiger partial charge in [0.2, 0.25) is 6.04 Å². The largest absolute Gasteiger partial charge is 0.481 e. The first-order valence-electron chi connectivity index (χ1n) is 4.51. The predicted octanol–water partition coefficient (Wildman–Crippen LogP) is -2.25. The van der Waals surface area contributed by atoms with Crippen LogP contribution in [0.3, 0.4) is 0 Å². The molecule has 0 aliphatic carbocycles. The fraction of sp³-hybridized carbons (Fsp3) is 0.500. The van der Waals surface area contributed by atoms with E-state index in [0.29, 0.717) is 0 Å². The second-order valence-corrected chi connectivity index (χ2v) is 3.03. The van der Waals surface area contributed by atoms with Gasteiger partial charge < -0.3 is 31.9 Å². The van der Waals surface area contributed by atoms with Crippen LogP contribution in [-0.2, 0) is 19.2 Å². The molecule has 0 saturated carbocycles. The molecule has 1 atom stereocenters. The van der Waals surface area contributed by atoms with Crippen molar-refractivity contribution < 1.29 is 39.6 Å². The van der Waals surface area contributed by atoms with Crippen LogP contribution >= 0.6 is 0 Å². The maximum Gasteiger partial charge on any atom is 0.332 e. The third-order valence-corrected chi connectivity index (χ3v) is 1.52. The van der Waals surface area contributed by atoms with E-state index in [1.54, 1.807) is 0 Å². The summed E-state index contributed by atoms with van der Waals surface area (Å²) in [5.74, 6) is -5.26. The third kappa shape index (κ3) is 10.3. The summed E-state index contributed by atoms with van der Waals surface area (Å²) in [5.41, 5.74) is 9.56. The van der Waals surface area contributed by atoms with Gasteiger partial charge in [-0.15, -0.1) is 0 Å². The van der Waals surface area contributed by atoms with E-state index in [1.165, 1.54) is 0 Å². The topological polar surface area (TPSA) is 201 Å². The smallest absolute Gasteiger partial charge is 0.332 e. The number of carboxylic acids is 4. The molecule has 0 fully saturated rings. The molecule has 0 saturated heterocycles. The summed E-state index contributed by atoms with van der Waals surface area (Å²) >= 11 is 0. The summed E-state index contributed by atoms with van der Waals surface area (Å²) in [6.07, 6.45) is -0.224. The van der Waals surface area contributed by atoms with Crippen molar-refractivity contribution in [2.24, 2.45) is 11.5 Å². The minimum atomic E-state index is -1.80. The second-order valence-electron chi connectivity index (χ2n) is 3.03. The molecule has 0 aliphatic heterocycles.